The third-order valence-corrected chi connectivity index (χ3v) is 5.10. The molecule has 2 unspecified atom stereocenters. The SMILES string of the molecule is CC1CN(C(=O)OC(C)(C)C)CCC1c1csc(Br)c1. The second-order valence-electron chi connectivity index (χ2n) is 6.48. The van der Waals surface area contributed by atoms with Gasteiger partial charge in [-0.05, 0) is 72.0 Å². The fraction of sp³-hybridized carbons (Fsp3) is 0.667. The molecule has 0 aromatic carbocycles. The van der Waals surface area contributed by atoms with Crippen molar-refractivity contribution < 1.29 is 9.53 Å². The summed E-state index contributed by atoms with van der Waals surface area (Å²) >= 11 is 5.25. The largest absolute Gasteiger partial charge is 0.444 e. The van der Waals surface area contributed by atoms with Gasteiger partial charge in [-0.1, -0.05) is 6.92 Å². The van der Waals surface area contributed by atoms with Gasteiger partial charge in [0.25, 0.3) is 0 Å². The van der Waals surface area contributed by atoms with Gasteiger partial charge in [0.05, 0.1) is 3.79 Å². The maximum atomic E-state index is 12.1. The van der Waals surface area contributed by atoms with Crippen LogP contribution in [0.5, 0.6) is 0 Å². The van der Waals surface area contributed by atoms with E-state index in [1.807, 2.05) is 25.7 Å². The maximum Gasteiger partial charge on any atom is 0.410 e. The molecule has 5 heteroatoms. The van der Waals surface area contributed by atoms with Crippen LogP contribution < -0.4 is 0 Å². The minimum atomic E-state index is -0.421. The number of nitrogens with zero attached hydrogens (tertiary/aromatic N) is 1. The van der Waals surface area contributed by atoms with Crippen molar-refractivity contribution in [3.8, 4) is 0 Å². The van der Waals surface area contributed by atoms with Crippen molar-refractivity contribution in [1.29, 1.82) is 0 Å². The van der Waals surface area contributed by atoms with Crippen LogP contribution in [-0.2, 0) is 4.74 Å². The van der Waals surface area contributed by atoms with Gasteiger partial charge in [0, 0.05) is 13.1 Å². The van der Waals surface area contributed by atoms with Gasteiger partial charge in [-0.15, -0.1) is 11.3 Å². The predicted octanol–water partition coefficient (Wildman–Crippen LogP) is 4.87. The van der Waals surface area contributed by atoms with E-state index >= 15 is 0 Å². The Labute approximate surface area is 133 Å². The van der Waals surface area contributed by atoms with E-state index in [1.165, 1.54) is 9.35 Å². The Morgan fingerprint density at radius 3 is 2.70 bits per heavy atom. The first-order valence-electron chi connectivity index (χ1n) is 6.98. The molecule has 2 rings (SSSR count). The van der Waals surface area contributed by atoms with Gasteiger partial charge in [-0.3, -0.25) is 0 Å². The average Bonchev–Trinajstić information content (AvgIpc) is 2.73. The predicted molar refractivity (Wildman–Crippen MR) is 86.3 cm³/mol. The van der Waals surface area contributed by atoms with Crippen LogP contribution in [0.3, 0.4) is 0 Å². The molecule has 0 aliphatic carbocycles. The zero-order valence-electron chi connectivity index (χ0n) is 12.5. The number of likely N-dealkylation sites (tertiary alicyclic amines) is 1. The zero-order valence-corrected chi connectivity index (χ0v) is 14.9. The van der Waals surface area contributed by atoms with Crippen molar-refractivity contribution in [1.82, 2.24) is 4.90 Å². The summed E-state index contributed by atoms with van der Waals surface area (Å²) in [4.78, 5) is 13.9. The lowest BCUT2D eigenvalue weighted by Gasteiger charge is -2.37. The Balaban J connectivity index is 1.97. The van der Waals surface area contributed by atoms with Crippen molar-refractivity contribution in [2.75, 3.05) is 13.1 Å². The molecule has 3 nitrogen and oxygen atoms in total. The summed E-state index contributed by atoms with van der Waals surface area (Å²) in [5.41, 5.74) is 0.966. The molecule has 1 aromatic heterocycles. The van der Waals surface area contributed by atoms with Gasteiger partial charge in [0.1, 0.15) is 5.60 Å². The van der Waals surface area contributed by atoms with Gasteiger partial charge in [-0.25, -0.2) is 4.79 Å². The highest BCUT2D eigenvalue weighted by atomic mass is 79.9. The summed E-state index contributed by atoms with van der Waals surface area (Å²) in [6, 6.07) is 2.20. The highest BCUT2D eigenvalue weighted by Crippen LogP contribution is 2.36. The van der Waals surface area contributed by atoms with Gasteiger partial charge >= 0.3 is 6.09 Å². The number of thiophene rings is 1. The smallest absolute Gasteiger partial charge is 0.410 e. The highest BCUT2D eigenvalue weighted by Gasteiger charge is 2.32. The molecule has 2 atom stereocenters. The molecule has 0 bridgehead atoms. The molecule has 1 saturated heterocycles. The number of ether oxygens (including phenoxy) is 1. The summed E-state index contributed by atoms with van der Waals surface area (Å²) in [7, 11) is 0. The molecule has 0 saturated carbocycles. The Hall–Kier alpha value is -0.550. The van der Waals surface area contributed by atoms with Crippen LogP contribution in [0, 0.1) is 5.92 Å². The number of rotatable bonds is 1. The van der Waals surface area contributed by atoms with Crippen molar-refractivity contribution >= 4 is 33.4 Å². The van der Waals surface area contributed by atoms with Gasteiger partial charge in [-0.2, -0.15) is 0 Å². The zero-order chi connectivity index (χ0) is 14.9. The Bertz CT molecular complexity index is 480. The van der Waals surface area contributed by atoms with E-state index in [9.17, 15) is 4.79 Å². The van der Waals surface area contributed by atoms with Crippen LogP contribution in [0.1, 0.15) is 45.6 Å². The second-order valence-corrected chi connectivity index (χ2v) is 8.77. The van der Waals surface area contributed by atoms with E-state index in [1.54, 1.807) is 11.3 Å². The molecular formula is C15H22BrNO2S. The topological polar surface area (TPSA) is 29.5 Å². The monoisotopic (exact) mass is 359 g/mol. The Morgan fingerprint density at radius 1 is 1.50 bits per heavy atom. The lowest BCUT2D eigenvalue weighted by molar-refractivity contribution is 0.0155. The summed E-state index contributed by atoms with van der Waals surface area (Å²) in [5.74, 6) is 0.994. The standard InChI is InChI=1S/C15H22BrNO2S/c1-10-8-17(14(18)19-15(2,3)4)6-5-12(10)11-7-13(16)20-9-11/h7,9-10,12H,5-6,8H2,1-4H3. The molecule has 2 heterocycles. The number of hydrogen-bond donors (Lipinski definition) is 0. The highest BCUT2D eigenvalue weighted by molar-refractivity contribution is 9.11. The molecule has 1 aliphatic heterocycles. The molecule has 112 valence electrons. The fourth-order valence-electron chi connectivity index (χ4n) is 2.65. The lowest BCUT2D eigenvalue weighted by Crippen LogP contribution is -2.44. The van der Waals surface area contributed by atoms with E-state index in [0.29, 0.717) is 11.8 Å². The summed E-state index contributed by atoms with van der Waals surface area (Å²) < 4.78 is 6.63. The van der Waals surface area contributed by atoms with Crippen LogP contribution in [0.25, 0.3) is 0 Å². The summed E-state index contributed by atoms with van der Waals surface area (Å²) in [5, 5.41) is 2.22. The van der Waals surface area contributed by atoms with E-state index in [2.05, 4.69) is 34.3 Å². The molecule has 0 radical (unpaired) electrons. The summed E-state index contributed by atoms with van der Waals surface area (Å²) in [6.45, 7) is 9.48. The molecular weight excluding hydrogens is 338 g/mol. The number of halogens is 1. The molecule has 0 spiro atoms. The van der Waals surface area contributed by atoms with E-state index < -0.39 is 5.60 Å². The van der Waals surface area contributed by atoms with Crippen LogP contribution in [0.15, 0.2) is 15.2 Å². The first kappa shape index (κ1) is 15.8. The molecule has 0 N–H and O–H groups in total. The number of hydrogen-bond acceptors (Lipinski definition) is 3. The van der Waals surface area contributed by atoms with E-state index in [4.69, 9.17) is 4.74 Å². The Kier molecular flexibility index (Phi) is 4.80. The second kappa shape index (κ2) is 6.06. The quantitative estimate of drug-likeness (QED) is 0.715. The number of amides is 1. The van der Waals surface area contributed by atoms with Crippen molar-refractivity contribution in [2.24, 2.45) is 5.92 Å². The van der Waals surface area contributed by atoms with Crippen molar-refractivity contribution in [2.45, 2.75) is 45.6 Å². The van der Waals surface area contributed by atoms with Crippen molar-refractivity contribution in [3.63, 3.8) is 0 Å². The Morgan fingerprint density at radius 2 is 2.20 bits per heavy atom. The van der Waals surface area contributed by atoms with Gasteiger partial charge < -0.3 is 9.64 Å². The van der Waals surface area contributed by atoms with Crippen LogP contribution >= 0.6 is 27.3 Å². The molecule has 1 amide bonds. The van der Waals surface area contributed by atoms with Crippen LogP contribution in [0.2, 0.25) is 0 Å². The van der Waals surface area contributed by atoms with E-state index in [0.717, 1.165) is 19.5 Å². The van der Waals surface area contributed by atoms with Gasteiger partial charge in [0.15, 0.2) is 0 Å². The van der Waals surface area contributed by atoms with Gasteiger partial charge in [0.2, 0.25) is 0 Å². The molecule has 20 heavy (non-hydrogen) atoms. The number of carbonyl (C=O) groups excluding carboxylic acids is 1. The molecule has 1 fully saturated rings. The lowest BCUT2D eigenvalue weighted by atomic mass is 9.83. The molecule has 1 aliphatic rings. The normalized spacial score (nSPS) is 23.8. The van der Waals surface area contributed by atoms with E-state index in [-0.39, 0.29) is 6.09 Å². The molecule has 1 aromatic rings. The minimum Gasteiger partial charge on any atom is -0.444 e. The first-order chi connectivity index (χ1) is 9.26. The fourth-order valence-corrected chi connectivity index (χ4v) is 3.89. The average molecular weight is 360 g/mol. The number of carbonyl (C=O) groups is 1. The van der Waals surface area contributed by atoms with Crippen LogP contribution in [-0.4, -0.2) is 29.7 Å². The first-order valence-corrected chi connectivity index (χ1v) is 8.65. The number of piperidine rings is 1. The summed E-state index contributed by atoms with van der Waals surface area (Å²) in [6.07, 6.45) is 0.818. The van der Waals surface area contributed by atoms with Crippen molar-refractivity contribution in [3.05, 3.63) is 20.8 Å². The maximum absolute atomic E-state index is 12.1. The van der Waals surface area contributed by atoms with Crippen LogP contribution in [0.4, 0.5) is 4.79 Å². The minimum absolute atomic E-state index is 0.186. The third kappa shape index (κ3) is 3.98. The third-order valence-electron chi connectivity index (χ3n) is 3.57.